The summed E-state index contributed by atoms with van der Waals surface area (Å²) in [6, 6.07) is 12.4. The Balaban J connectivity index is 1.97. The van der Waals surface area contributed by atoms with E-state index in [2.05, 4.69) is 24.0 Å². The van der Waals surface area contributed by atoms with E-state index in [1.807, 2.05) is 51.2 Å². The van der Waals surface area contributed by atoms with Crippen LogP contribution in [0, 0.1) is 6.92 Å². The Morgan fingerprint density at radius 3 is 2.46 bits per heavy atom. The molecule has 0 unspecified atom stereocenters. The molecular weight excluding hydrogens is 298 g/mol. The lowest BCUT2D eigenvalue weighted by Crippen LogP contribution is -2.23. The van der Waals surface area contributed by atoms with Crippen molar-refractivity contribution < 1.29 is 9.53 Å². The summed E-state index contributed by atoms with van der Waals surface area (Å²) in [5.74, 6) is -0.122. The Kier molecular flexibility index (Phi) is 6.13. The van der Waals surface area contributed by atoms with Crippen LogP contribution in [0.4, 0.5) is 0 Å². The fraction of sp³-hybridized carbons (Fsp3) is 0.429. The van der Waals surface area contributed by atoms with Gasteiger partial charge in [0.2, 0.25) is 0 Å². The Hall–Kier alpha value is -2.16. The van der Waals surface area contributed by atoms with Gasteiger partial charge >= 0.3 is 5.97 Å². The average Bonchev–Trinajstić information content (AvgIpc) is 2.51. The van der Waals surface area contributed by atoms with E-state index in [4.69, 9.17) is 4.74 Å². The first-order valence-electron chi connectivity index (χ1n) is 8.58. The number of unbranched alkanes of at least 4 members (excludes halogenated alkanes) is 1. The molecular formula is C21H27NO2. The summed E-state index contributed by atoms with van der Waals surface area (Å²) in [5.41, 5.74) is 4.35. The standard InChI is InChI=1S/C21H27NO2/c1-16-14-15-22-18(20(16)17-10-6-5-7-11-17)12-8-9-13-19(23)24-21(2,3)4/h5-7,10-11,14-15H,8-9,12-13H2,1-4H3. The lowest BCUT2D eigenvalue weighted by atomic mass is 9.96. The maximum atomic E-state index is 11.8. The molecule has 0 aliphatic heterocycles. The molecule has 0 fully saturated rings. The molecule has 2 aromatic rings. The van der Waals surface area contributed by atoms with Gasteiger partial charge in [-0.2, -0.15) is 0 Å². The molecule has 24 heavy (non-hydrogen) atoms. The van der Waals surface area contributed by atoms with Crippen LogP contribution in [0.5, 0.6) is 0 Å². The molecule has 2 rings (SSSR count). The lowest BCUT2D eigenvalue weighted by molar-refractivity contribution is -0.154. The van der Waals surface area contributed by atoms with Gasteiger partial charge in [0.05, 0.1) is 0 Å². The zero-order chi connectivity index (χ0) is 17.6. The van der Waals surface area contributed by atoms with Crippen LogP contribution < -0.4 is 0 Å². The molecule has 0 spiro atoms. The number of nitrogens with zero attached hydrogens (tertiary/aromatic N) is 1. The number of esters is 1. The van der Waals surface area contributed by atoms with Gasteiger partial charge < -0.3 is 4.74 Å². The van der Waals surface area contributed by atoms with Crippen LogP contribution in [0.25, 0.3) is 11.1 Å². The molecule has 0 aliphatic rings. The molecule has 0 amide bonds. The number of aromatic nitrogens is 1. The molecule has 1 aromatic carbocycles. The molecule has 0 aliphatic carbocycles. The van der Waals surface area contributed by atoms with Gasteiger partial charge in [-0.05, 0) is 64.2 Å². The highest BCUT2D eigenvalue weighted by Crippen LogP contribution is 2.27. The first-order chi connectivity index (χ1) is 11.4. The summed E-state index contributed by atoms with van der Waals surface area (Å²) in [6.45, 7) is 7.81. The number of carbonyl (C=O) groups excluding carboxylic acids is 1. The lowest BCUT2D eigenvalue weighted by Gasteiger charge is -2.19. The fourth-order valence-corrected chi connectivity index (χ4v) is 2.76. The highest BCUT2D eigenvalue weighted by Gasteiger charge is 2.16. The number of benzene rings is 1. The van der Waals surface area contributed by atoms with Crippen LogP contribution >= 0.6 is 0 Å². The van der Waals surface area contributed by atoms with Crippen molar-refractivity contribution in [1.82, 2.24) is 4.98 Å². The largest absolute Gasteiger partial charge is 0.460 e. The molecule has 0 saturated carbocycles. The SMILES string of the molecule is Cc1ccnc(CCCCC(=O)OC(C)(C)C)c1-c1ccccc1. The maximum absolute atomic E-state index is 11.8. The third kappa shape index (κ3) is 5.48. The number of hydrogen-bond acceptors (Lipinski definition) is 3. The Labute approximate surface area is 145 Å². The summed E-state index contributed by atoms with van der Waals surface area (Å²) in [5, 5.41) is 0. The number of rotatable bonds is 6. The summed E-state index contributed by atoms with van der Waals surface area (Å²) in [4.78, 5) is 16.4. The number of carbonyl (C=O) groups is 1. The van der Waals surface area contributed by atoms with Crippen LogP contribution in [0.2, 0.25) is 0 Å². The minimum Gasteiger partial charge on any atom is -0.460 e. The van der Waals surface area contributed by atoms with Gasteiger partial charge in [-0.3, -0.25) is 9.78 Å². The van der Waals surface area contributed by atoms with Crippen LogP contribution in [-0.2, 0) is 16.0 Å². The zero-order valence-electron chi connectivity index (χ0n) is 15.1. The van der Waals surface area contributed by atoms with E-state index in [0.29, 0.717) is 6.42 Å². The summed E-state index contributed by atoms with van der Waals surface area (Å²) < 4.78 is 5.35. The normalized spacial score (nSPS) is 11.3. The fourth-order valence-electron chi connectivity index (χ4n) is 2.76. The van der Waals surface area contributed by atoms with E-state index in [1.54, 1.807) is 0 Å². The minimum atomic E-state index is -0.407. The third-order valence-electron chi connectivity index (χ3n) is 3.76. The Bertz CT molecular complexity index is 672. The van der Waals surface area contributed by atoms with Crippen LogP contribution in [0.15, 0.2) is 42.6 Å². The van der Waals surface area contributed by atoms with Gasteiger partial charge in [0.25, 0.3) is 0 Å². The molecule has 0 bridgehead atoms. The summed E-state index contributed by atoms with van der Waals surface area (Å²) in [7, 11) is 0. The molecule has 128 valence electrons. The minimum absolute atomic E-state index is 0.122. The summed E-state index contributed by atoms with van der Waals surface area (Å²) >= 11 is 0. The molecule has 3 heteroatoms. The number of ether oxygens (including phenoxy) is 1. The molecule has 0 radical (unpaired) electrons. The van der Waals surface area contributed by atoms with Crippen molar-refractivity contribution in [3.63, 3.8) is 0 Å². The number of aryl methyl sites for hydroxylation is 2. The van der Waals surface area contributed by atoms with Gasteiger partial charge in [0.1, 0.15) is 5.60 Å². The van der Waals surface area contributed by atoms with Gasteiger partial charge in [-0.25, -0.2) is 0 Å². The highest BCUT2D eigenvalue weighted by atomic mass is 16.6. The average molecular weight is 325 g/mol. The van der Waals surface area contributed by atoms with Gasteiger partial charge in [0, 0.05) is 23.9 Å². The van der Waals surface area contributed by atoms with Gasteiger partial charge in [0.15, 0.2) is 0 Å². The van der Waals surface area contributed by atoms with E-state index in [1.165, 1.54) is 16.7 Å². The second kappa shape index (κ2) is 8.09. The zero-order valence-corrected chi connectivity index (χ0v) is 15.1. The molecule has 0 N–H and O–H groups in total. The second-order valence-electron chi connectivity index (χ2n) is 7.11. The number of pyridine rings is 1. The van der Waals surface area contributed by atoms with Crippen molar-refractivity contribution >= 4 is 5.97 Å². The quantitative estimate of drug-likeness (QED) is 0.547. The van der Waals surface area contributed by atoms with Gasteiger partial charge in [-0.1, -0.05) is 30.3 Å². The predicted octanol–water partition coefficient (Wildman–Crippen LogP) is 5.11. The smallest absolute Gasteiger partial charge is 0.306 e. The van der Waals surface area contributed by atoms with Crippen molar-refractivity contribution in [2.24, 2.45) is 0 Å². The van der Waals surface area contributed by atoms with E-state index in [-0.39, 0.29) is 5.97 Å². The van der Waals surface area contributed by atoms with Crippen LogP contribution in [-0.4, -0.2) is 16.6 Å². The van der Waals surface area contributed by atoms with Crippen LogP contribution in [0.3, 0.4) is 0 Å². The molecule has 0 saturated heterocycles. The van der Waals surface area contributed by atoms with Crippen molar-refractivity contribution in [3.8, 4) is 11.1 Å². The topological polar surface area (TPSA) is 39.2 Å². The monoisotopic (exact) mass is 325 g/mol. The van der Waals surface area contributed by atoms with Crippen molar-refractivity contribution in [2.75, 3.05) is 0 Å². The first-order valence-corrected chi connectivity index (χ1v) is 8.58. The second-order valence-corrected chi connectivity index (χ2v) is 7.11. The van der Waals surface area contributed by atoms with E-state index in [9.17, 15) is 4.79 Å². The van der Waals surface area contributed by atoms with Crippen molar-refractivity contribution in [2.45, 2.75) is 59.0 Å². The van der Waals surface area contributed by atoms with Crippen molar-refractivity contribution in [1.29, 1.82) is 0 Å². The third-order valence-corrected chi connectivity index (χ3v) is 3.76. The summed E-state index contributed by atoms with van der Waals surface area (Å²) in [6.07, 6.45) is 4.94. The highest BCUT2D eigenvalue weighted by molar-refractivity contribution is 5.70. The van der Waals surface area contributed by atoms with Crippen LogP contribution in [0.1, 0.15) is 51.3 Å². The van der Waals surface area contributed by atoms with Gasteiger partial charge in [-0.15, -0.1) is 0 Å². The maximum Gasteiger partial charge on any atom is 0.306 e. The van der Waals surface area contributed by atoms with E-state index < -0.39 is 5.60 Å². The predicted molar refractivity (Wildman–Crippen MR) is 97.8 cm³/mol. The molecule has 3 nitrogen and oxygen atoms in total. The molecule has 1 aromatic heterocycles. The molecule has 0 atom stereocenters. The number of hydrogen-bond donors (Lipinski definition) is 0. The Morgan fingerprint density at radius 2 is 1.79 bits per heavy atom. The molecule has 1 heterocycles. The van der Waals surface area contributed by atoms with Crippen molar-refractivity contribution in [3.05, 3.63) is 53.9 Å². The van der Waals surface area contributed by atoms with E-state index >= 15 is 0 Å². The van der Waals surface area contributed by atoms with E-state index in [0.717, 1.165) is 25.0 Å². The first kappa shape index (κ1) is 18.2. The Morgan fingerprint density at radius 1 is 1.08 bits per heavy atom.